The van der Waals surface area contributed by atoms with Gasteiger partial charge in [-0.15, -0.1) is 0 Å². The SMILES string of the molecule is COc1ccc(COP(=O)(O)OCc2ccc(OC)cc2OC)c(OC)c1. The van der Waals surface area contributed by atoms with E-state index in [0.717, 1.165) is 0 Å². The van der Waals surface area contributed by atoms with E-state index in [4.69, 9.17) is 28.0 Å². The highest BCUT2D eigenvalue weighted by atomic mass is 31.2. The topological polar surface area (TPSA) is 92.7 Å². The number of rotatable bonds is 10. The third-order valence-electron chi connectivity index (χ3n) is 3.75. The number of phosphoric ester groups is 1. The van der Waals surface area contributed by atoms with Crippen LogP contribution in [0.4, 0.5) is 0 Å². The van der Waals surface area contributed by atoms with Gasteiger partial charge in [-0.05, 0) is 24.3 Å². The molecule has 0 saturated carbocycles. The highest BCUT2D eigenvalue weighted by Gasteiger charge is 2.23. The Morgan fingerprint density at radius 2 is 1.15 bits per heavy atom. The molecule has 2 aromatic carbocycles. The Balaban J connectivity index is 2.00. The van der Waals surface area contributed by atoms with Gasteiger partial charge in [0, 0.05) is 23.3 Å². The number of benzene rings is 2. The average Bonchev–Trinajstić information content (AvgIpc) is 2.70. The van der Waals surface area contributed by atoms with Crippen molar-refractivity contribution in [2.24, 2.45) is 0 Å². The molecule has 1 N–H and O–H groups in total. The summed E-state index contributed by atoms with van der Waals surface area (Å²) in [5, 5.41) is 0. The van der Waals surface area contributed by atoms with Crippen molar-refractivity contribution in [3.63, 3.8) is 0 Å². The van der Waals surface area contributed by atoms with Crippen molar-refractivity contribution in [3.8, 4) is 23.0 Å². The molecule has 0 heterocycles. The summed E-state index contributed by atoms with van der Waals surface area (Å²) in [4.78, 5) is 9.95. The van der Waals surface area contributed by atoms with Crippen LogP contribution >= 0.6 is 7.82 Å². The summed E-state index contributed by atoms with van der Waals surface area (Å²) in [5.41, 5.74) is 1.16. The highest BCUT2D eigenvalue weighted by molar-refractivity contribution is 7.47. The summed E-state index contributed by atoms with van der Waals surface area (Å²) in [6.07, 6.45) is 0. The number of hydrogen-bond acceptors (Lipinski definition) is 7. The lowest BCUT2D eigenvalue weighted by molar-refractivity contribution is 0.135. The first-order chi connectivity index (χ1) is 12.9. The molecular formula is C18H23O8P. The van der Waals surface area contributed by atoms with E-state index in [0.29, 0.717) is 34.1 Å². The summed E-state index contributed by atoms with van der Waals surface area (Å²) in [6, 6.07) is 10.1. The highest BCUT2D eigenvalue weighted by Crippen LogP contribution is 2.46. The van der Waals surface area contributed by atoms with Crippen molar-refractivity contribution in [2.45, 2.75) is 13.2 Å². The summed E-state index contributed by atoms with van der Waals surface area (Å²) in [6.45, 7) is -0.332. The summed E-state index contributed by atoms with van der Waals surface area (Å²) >= 11 is 0. The maximum Gasteiger partial charge on any atom is 0.472 e. The molecule has 9 heteroatoms. The van der Waals surface area contributed by atoms with Gasteiger partial charge in [-0.2, -0.15) is 0 Å². The zero-order valence-corrected chi connectivity index (χ0v) is 16.5. The Morgan fingerprint density at radius 3 is 1.48 bits per heavy atom. The third-order valence-corrected chi connectivity index (χ3v) is 4.67. The number of hydrogen-bond donors (Lipinski definition) is 1. The van der Waals surface area contributed by atoms with Crippen molar-refractivity contribution in [1.29, 1.82) is 0 Å². The van der Waals surface area contributed by atoms with Crippen LogP contribution in [0.15, 0.2) is 36.4 Å². The van der Waals surface area contributed by atoms with Gasteiger partial charge < -0.3 is 23.8 Å². The lowest BCUT2D eigenvalue weighted by Gasteiger charge is -2.15. The smallest absolute Gasteiger partial charge is 0.472 e. The van der Waals surface area contributed by atoms with Crippen LogP contribution in [0.5, 0.6) is 23.0 Å². The Hall–Kier alpha value is -2.25. The molecule has 0 aromatic heterocycles. The maximum atomic E-state index is 12.2. The first-order valence-electron chi connectivity index (χ1n) is 7.96. The van der Waals surface area contributed by atoms with E-state index >= 15 is 0 Å². The van der Waals surface area contributed by atoms with Crippen LogP contribution in [-0.2, 0) is 26.8 Å². The number of methoxy groups -OCH3 is 4. The van der Waals surface area contributed by atoms with E-state index in [1.807, 2.05) is 0 Å². The zero-order chi connectivity index (χ0) is 19.9. The molecule has 0 aliphatic rings. The fourth-order valence-electron chi connectivity index (χ4n) is 2.28. The van der Waals surface area contributed by atoms with E-state index in [-0.39, 0.29) is 13.2 Å². The van der Waals surface area contributed by atoms with E-state index in [9.17, 15) is 9.46 Å². The van der Waals surface area contributed by atoms with Gasteiger partial charge in [0.2, 0.25) is 0 Å². The van der Waals surface area contributed by atoms with Crippen LogP contribution in [0.25, 0.3) is 0 Å². The molecule has 8 nitrogen and oxygen atoms in total. The standard InChI is InChI=1S/C18H23O8P/c1-21-15-7-5-13(17(9-15)23-3)11-25-27(19,20)26-12-14-6-8-16(22-2)10-18(14)24-4/h5-10H,11-12H2,1-4H3,(H,19,20). The first-order valence-corrected chi connectivity index (χ1v) is 9.45. The fraction of sp³-hybridized carbons (Fsp3) is 0.333. The molecule has 0 aliphatic carbocycles. The predicted octanol–water partition coefficient (Wildman–Crippen LogP) is 3.55. The minimum absolute atomic E-state index is 0.166. The average molecular weight is 398 g/mol. The number of phosphoric acid groups is 1. The molecule has 0 spiro atoms. The molecule has 0 saturated heterocycles. The summed E-state index contributed by atoms with van der Waals surface area (Å²) in [5.74, 6) is 2.16. The van der Waals surface area contributed by atoms with Gasteiger partial charge in [0.15, 0.2) is 0 Å². The second-order valence-corrected chi connectivity index (χ2v) is 6.82. The molecule has 27 heavy (non-hydrogen) atoms. The predicted molar refractivity (Wildman–Crippen MR) is 98.5 cm³/mol. The molecule has 148 valence electrons. The second-order valence-electron chi connectivity index (χ2n) is 5.37. The minimum Gasteiger partial charge on any atom is -0.497 e. The summed E-state index contributed by atoms with van der Waals surface area (Å²) in [7, 11) is 1.76. The fourth-order valence-corrected chi connectivity index (χ4v) is 2.96. The molecule has 0 radical (unpaired) electrons. The zero-order valence-electron chi connectivity index (χ0n) is 15.6. The second kappa shape index (κ2) is 9.62. The Bertz CT molecular complexity index is 744. The van der Waals surface area contributed by atoms with Gasteiger partial charge in [0.25, 0.3) is 0 Å². The van der Waals surface area contributed by atoms with E-state index < -0.39 is 7.82 Å². The van der Waals surface area contributed by atoms with Gasteiger partial charge in [-0.1, -0.05) is 0 Å². The quantitative estimate of drug-likeness (QED) is 0.608. The van der Waals surface area contributed by atoms with Crippen LogP contribution in [0, 0.1) is 0 Å². The van der Waals surface area contributed by atoms with Crippen molar-refractivity contribution in [3.05, 3.63) is 47.5 Å². The molecule has 0 fully saturated rings. The number of ether oxygens (including phenoxy) is 4. The summed E-state index contributed by atoms with van der Waals surface area (Å²) < 4.78 is 43.0. The Labute approximate surface area is 158 Å². The van der Waals surface area contributed by atoms with Gasteiger partial charge in [0.05, 0.1) is 41.7 Å². The van der Waals surface area contributed by atoms with Crippen LogP contribution in [-0.4, -0.2) is 33.3 Å². The lowest BCUT2D eigenvalue weighted by Crippen LogP contribution is -2.00. The normalized spacial score (nSPS) is 11.1. The van der Waals surface area contributed by atoms with Crippen molar-refractivity contribution < 1.29 is 37.5 Å². The molecule has 0 unspecified atom stereocenters. The van der Waals surface area contributed by atoms with Crippen LogP contribution in [0.1, 0.15) is 11.1 Å². The lowest BCUT2D eigenvalue weighted by atomic mass is 10.2. The first kappa shape index (κ1) is 21.1. The molecule has 0 atom stereocenters. The Morgan fingerprint density at radius 1 is 0.741 bits per heavy atom. The molecular weight excluding hydrogens is 375 g/mol. The van der Waals surface area contributed by atoms with Crippen LogP contribution in [0.2, 0.25) is 0 Å². The molecule has 0 bridgehead atoms. The van der Waals surface area contributed by atoms with Gasteiger partial charge in [-0.25, -0.2) is 4.57 Å². The van der Waals surface area contributed by atoms with Gasteiger partial charge >= 0.3 is 7.82 Å². The monoisotopic (exact) mass is 398 g/mol. The van der Waals surface area contributed by atoms with Crippen molar-refractivity contribution in [1.82, 2.24) is 0 Å². The minimum atomic E-state index is -4.30. The molecule has 2 aromatic rings. The van der Waals surface area contributed by atoms with Gasteiger partial charge in [0.1, 0.15) is 23.0 Å². The van der Waals surface area contributed by atoms with Crippen LogP contribution < -0.4 is 18.9 Å². The van der Waals surface area contributed by atoms with E-state index in [1.54, 1.807) is 36.4 Å². The van der Waals surface area contributed by atoms with Crippen molar-refractivity contribution >= 4 is 7.82 Å². The van der Waals surface area contributed by atoms with E-state index in [2.05, 4.69) is 0 Å². The molecule has 2 rings (SSSR count). The van der Waals surface area contributed by atoms with E-state index in [1.165, 1.54) is 28.4 Å². The van der Waals surface area contributed by atoms with Crippen LogP contribution in [0.3, 0.4) is 0 Å². The Kier molecular flexibility index (Phi) is 7.50. The third kappa shape index (κ3) is 5.87. The van der Waals surface area contributed by atoms with Crippen molar-refractivity contribution in [2.75, 3.05) is 28.4 Å². The van der Waals surface area contributed by atoms with Gasteiger partial charge in [-0.3, -0.25) is 9.05 Å². The molecule has 0 aliphatic heterocycles. The maximum absolute atomic E-state index is 12.2. The molecule has 0 amide bonds. The largest absolute Gasteiger partial charge is 0.497 e.